The molecule has 3 rings (SSSR count). The minimum Gasteiger partial charge on any atom is -0.478 e. The lowest BCUT2D eigenvalue weighted by atomic mass is 10.2. The molecular formula is C14H11N2O2S+. The van der Waals surface area contributed by atoms with Crippen LogP contribution in [0.1, 0.15) is 16.1 Å². The first-order valence-corrected chi connectivity index (χ1v) is 6.64. The highest BCUT2D eigenvalue weighted by Crippen LogP contribution is 2.28. The van der Waals surface area contributed by atoms with Gasteiger partial charge in [0, 0.05) is 22.6 Å². The lowest BCUT2D eigenvalue weighted by Crippen LogP contribution is -2.33. The Morgan fingerprint density at radius 1 is 1.32 bits per heavy atom. The van der Waals surface area contributed by atoms with Crippen LogP contribution in [-0.4, -0.2) is 16.2 Å². The summed E-state index contributed by atoms with van der Waals surface area (Å²) in [5.41, 5.74) is 2.99. The van der Waals surface area contributed by atoms with E-state index in [1.54, 1.807) is 11.4 Å². The average Bonchev–Trinajstić information content (AvgIpc) is 2.77. The zero-order chi connectivity index (χ0) is 13.4. The summed E-state index contributed by atoms with van der Waals surface area (Å²) in [7, 11) is 0. The molecule has 1 aromatic rings. The van der Waals surface area contributed by atoms with E-state index in [4.69, 9.17) is 5.11 Å². The molecule has 19 heavy (non-hydrogen) atoms. The Morgan fingerprint density at radius 3 is 2.74 bits per heavy atom. The minimum absolute atomic E-state index is 0.299. The predicted molar refractivity (Wildman–Crippen MR) is 72.0 cm³/mol. The number of fused-ring (bicyclic) bond motifs is 1. The van der Waals surface area contributed by atoms with Gasteiger partial charge in [0.2, 0.25) is 5.69 Å². The van der Waals surface area contributed by atoms with Crippen molar-refractivity contribution in [2.45, 2.75) is 6.92 Å². The molecule has 0 unspecified atom stereocenters. The van der Waals surface area contributed by atoms with E-state index in [9.17, 15) is 4.79 Å². The summed E-state index contributed by atoms with van der Waals surface area (Å²) >= 11 is 1.39. The van der Waals surface area contributed by atoms with Crippen molar-refractivity contribution in [2.24, 2.45) is 0 Å². The van der Waals surface area contributed by atoms with E-state index < -0.39 is 5.97 Å². The standard InChI is InChI=1S/C14H10N2O2S/c1-9-12-7-10(14(17)18)8-19-13(12)16(15-9)11-5-3-2-4-6-11/h2-8H,1H3/p+1. The number of rotatable bonds is 2. The Bertz CT molecular complexity index is 722. The number of para-hydroxylation sites is 1. The summed E-state index contributed by atoms with van der Waals surface area (Å²) in [5.74, 6) is -0.912. The topological polar surface area (TPSA) is 54.1 Å². The van der Waals surface area contributed by atoms with Gasteiger partial charge in [0.1, 0.15) is 5.69 Å². The summed E-state index contributed by atoms with van der Waals surface area (Å²) in [4.78, 5) is 11.0. The molecule has 0 aromatic heterocycles. The molecule has 2 aliphatic heterocycles. The van der Waals surface area contributed by atoms with Crippen molar-refractivity contribution in [3.8, 4) is 16.3 Å². The van der Waals surface area contributed by atoms with E-state index >= 15 is 0 Å². The van der Waals surface area contributed by atoms with Crippen molar-refractivity contribution in [3.63, 3.8) is 0 Å². The summed E-state index contributed by atoms with van der Waals surface area (Å²) in [6, 6.07) is 11.5. The third kappa shape index (κ3) is 1.98. The fraction of sp³-hybridized carbons (Fsp3) is 0.0714. The molecule has 0 fully saturated rings. The van der Waals surface area contributed by atoms with Crippen molar-refractivity contribution >= 4 is 17.3 Å². The molecule has 5 heteroatoms. The van der Waals surface area contributed by atoms with Gasteiger partial charge < -0.3 is 5.11 Å². The molecule has 1 aromatic carbocycles. The van der Waals surface area contributed by atoms with Crippen LogP contribution >= 0.6 is 11.3 Å². The number of carbonyl (C=O) groups is 1. The molecule has 1 N–H and O–H groups in total. The molecule has 2 aliphatic rings. The van der Waals surface area contributed by atoms with Gasteiger partial charge in [-0.1, -0.05) is 29.5 Å². The summed E-state index contributed by atoms with van der Waals surface area (Å²) in [6.45, 7) is 1.89. The normalized spacial score (nSPS) is 10.8. The monoisotopic (exact) mass is 271 g/mol. The molecule has 0 radical (unpaired) electrons. The number of carboxylic acids is 1. The highest BCUT2D eigenvalue weighted by atomic mass is 32.1. The van der Waals surface area contributed by atoms with Gasteiger partial charge in [-0.3, -0.25) is 0 Å². The first-order chi connectivity index (χ1) is 9.16. The third-order valence-corrected chi connectivity index (χ3v) is 3.90. The number of carboxylic acid groups (broad SMARTS) is 1. The van der Waals surface area contributed by atoms with Crippen molar-refractivity contribution in [3.05, 3.63) is 53.0 Å². The first kappa shape index (κ1) is 11.8. The molecule has 0 spiro atoms. The Balaban J connectivity index is 2.22. The van der Waals surface area contributed by atoms with E-state index in [2.05, 4.69) is 5.10 Å². The number of hydrogen-bond acceptors (Lipinski definition) is 3. The molecule has 2 heterocycles. The van der Waals surface area contributed by atoms with Crippen LogP contribution < -0.4 is 4.68 Å². The van der Waals surface area contributed by atoms with E-state index in [1.807, 2.05) is 41.9 Å². The first-order valence-electron chi connectivity index (χ1n) is 5.77. The molecular weight excluding hydrogens is 260 g/mol. The quantitative estimate of drug-likeness (QED) is 0.729. The minimum atomic E-state index is -0.912. The van der Waals surface area contributed by atoms with Crippen LogP contribution in [0.15, 0.2) is 41.8 Å². The molecule has 4 nitrogen and oxygen atoms in total. The highest BCUT2D eigenvalue weighted by molar-refractivity contribution is 7.12. The fourth-order valence-electron chi connectivity index (χ4n) is 1.96. The predicted octanol–water partition coefficient (Wildman–Crippen LogP) is 2.53. The van der Waals surface area contributed by atoms with Crippen LogP contribution in [0, 0.1) is 6.92 Å². The van der Waals surface area contributed by atoms with Gasteiger partial charge in [-0.15, -0.1) is 0 Å². The van der Waals surface area contributed by atoms with Crippen molar-refractivity contribution in [2.75, 3.05) is 0 Å². The van der Waals surface area contributed by atoms with Gasteiger partial charge in [0.05, 0.1) is 11.1 Å². The Morgan fingerprint density at radius 2 is 2.05 bits per heavy atom. The van der Waals surface area contributed by atoms with Gasteiger partial charge >= 0.3 is 11.0 Å². The molecule has 0 saturated carbocycles. The molecule has 0 aliphatic carbocycles. The van der Waals surface area contributed by atoms with Crippen molar-refractivity contribution < 1.29 is 14.6 Å². The number of hydrogen-bond donors (Lipinski definition) is 1. The maximum atomic E-state index is 11.0. The number of nitrogens with zero attached hydrogens (tertiary/aromatic N) is 2. The SMILES string of the molecule is Cc1n[n+](-c2ccccc2)c2scc(C(=O)O)cc1-2. The third-order valence-electron chi connectivity index (χ3n) is 2.91. The van der Waals surface area contributed by atoms with Crippen LogP contribution in [0.5, 0.6) is 0 Å². The average molecular weight is 271 g/mol. The lowest BCUT2D eigenvalue weighted by molar-refractivity contribution is -0.642. The van der Waals surface area contributed by atoms with E-state index in [0.29, 0.717) is 5.56 Å². The summed E-state index contributed by atoms with van der Waals surface area (Å²) < 4.78 is 1.85. The van der Waals surface area contributed by atoms with Gasteiger partial charge in [0.15, 0.2) is 0 Å². The summed E-state index contributed by atoms with van der Waals surface area (Å²) in [6.07, 6.45) is 0. The maximum absolute atomic E-state index is 11.0. The van der Waals surface area contributed by atoms with Gasteiger partial charge in [-0.05, 0) is 17.7 Å². The number of aromatic nitrogens is 2. The molecule has 0 atom stereocenters. The summed E-state index contributed by atoms with van der Waals surface area (Å²) in [5, 5.41) is 16.1. The van der Waals surface area contributed by atoms with Crippen LogP contribution in [0.3, 0.4) is 0 Å². The zero-order valence-corrected chi connectivity index (χ0v) is 11.0. The smallest absolute Gasteiger partial charge is 0.336 e. The zero-order valence-electron chi connectivity index (χ0n) is 10.2. The lowest BCUT2D eigenvalue weighted by Gasteiger charge is -1.96. The van der Waals surface area contributed by atoms with Gasteiger partial charge in [0.25, 0.3) is 0 Å². The number of aryl methyl sites for hydroxylation is 1. The van der Waals surface area contributed by atoms with Crippen LogP contribution in [-0.2, 0) is 0 Å². The van der Waals surface area contributed by atoms with Crippen LogP contribution in [0.2, 0.25) is 0 Å². The highest BCUT2D eigenvalue weighted by Gasteiger charge is 2.27. The Hall–Kier alpha value is -2.27. The second kappa shape index (κ2) is 4.44. The van der Waals surface area contributed by atoms with E-state index in [0.717, 1.165) is 22.0 Å². The second-order valence-corrected chi connectivity index (χ2v) is 5.05. The van der Waals surface area contributed by atoms with E-state index in [1.165, 1.54) is 11.3 Å². The largest absolute Gasteiger partial charge is 0.478 e. The fourth-order valence-corrected chi connectivity index (χ4v) is 2.95. The second-order valence-electron chi connectivity index (χ2n) is 4.19. The Kier molecular flexibility index (Phi) is 2.76. The maximum Gasteiger partial charge on any atom is 0.336 e. The van der Waals surface area contributed by atoms with Crippen LogP contribution in [0.4, 0.5) is 0 Å². The van der Waals surface area contributed by atoms with Crippen LogP contribution in [0.25, 0.3) is 16.3 Å². The molecule has 94 valence electrons. The molecule has 0 bridgehead atoms. The van der Waals surface area contributed by atoms with Crippen molar-refractivity contribution in [1.29, 1.82) is 0 Å². The van der Waals surface area contributed by atoms with Crippen molar-refractivity contribution in [1.82, 2.24) is 5.10 Å². The van der Waals surface area contributed by atoms with Gasteiger partial charge in [-0.2, -0.15) is 0 Å². The number of aromatic carboxylic acids is 1. The molecule has 0 saturated heterocycles. The van der Waals surface area contributed by atoms with Gasteiger partial charge in [-0.25, -0.2) is 4.79 Å². The number of benzene rings is 1. The Labute approximate surface area is 113 Å². The molecule has 0 amide bonds. The van der Waals surface area contributed by atoms with E-state index in [-0.39, 0.29) is 0 Å².